The van der Waals surface area contributed by atoms with Gasteiger partial charge in [0, 0.05) is 34.4 Å². The Kier molecular flexibility index (Phi) is 4.94. The summed E-state index contributed by atoms with van der Waals surface area (Å²) in [5.74, 6) is 0.403. The van der Waals surface area contributed by atoms with E-state index in [0.717, 1.165) is 15.9 Å². The number of ketones is 1. The molecule has 1 aliphatic heterocycles. The molecule has 1 aliphatic rings. The average Bonchev–Trinajstić information content (AvgIpc) is 2.75. The molecule has 0 spiro atoms. The third kappa shape index (κ3) is 3.46. The van der Waals surface area contributed by atoms with E-state index in [1.165, 1.54) is 5.56 Å². The third-order valence-electron chi connectivity index (χ3n) is 4.50. The van der Waals surface area contributed by atoms with E-state index in [-0.39, 0.29) is 17.8 Å². The number of nitrogens with zero attached hydrogens (tertiary/aromatic N) is 1. The molecule has 0 fully saturated rings. The average molecular weight is 421 g/mol. The van der Waals surface area contributed by atoms with Crippen molar-refractivity contribution < 1.29 is 9.53 Å². The van der Waals surface area contributed by atoms with Gasteiger partial charge in [0.25, 0.3) is 0 Å². The molecule has 0 saturated carbocycles. The summed E-state index contributed by atoms with van der Waals surface area (Å²) in [4.78, 5) is 14.5. The first-order valence-electron chi connectivity index (χ1n) is 7.97. The first kappa shape index (κ1) is 18.0. The Morgan fingerprint density at radius 1 is 1.28 bits per heavy atom. The van der Waals surface area contributed by atoms with Crippen LogP contribution in [0.5, 0.6) is 5.75 Å². The summed E-state index contributed by atoms with van der Waals surface area (Å²) in [5.41, 5.74) is 3.08. The van der Waals surface area contributed by atoms with E-state index in [9.17, 15) is 4.79 Å². The Bertz CT molecular complexity index is 861. The highest BCUT2D eigenvalue weighted by Crippen LogP contribution is 2.46. The normalized spacial score (nSPS) is 16.8. The lowest BCUT2D eigenvalue weighted by atomic mass is 9.83. The zero-order valence-corrected chi connectivity index (χ0v) is 16.7. The molecule has 0 bridgehead atoms. The Morgan fingerprint density at radius 3 is 2.68 bits per heavy atom. The molecule has 0 aromatic heterocycles. The lowest BCUT2D eigenvalue weighted by Gasteiger charge is -2.24. The van der Waals surface area contributed by atoms with Gasteiger partial charge in [0.1, 0.15) is 5.75 Å². The second-order valence-corrected chi connectivity index (χ2v) is 7.88. The third-order valence-corrected chi connectivity index (χ3v) is 5.29. The van der Waals surface area contributed by atoms with Crippen molar-refractivity contribution in [3.63, 3.8) is 0 Å². The zero-order chi connectivity index (χ0) is 18.2. The maximum atomic E-state index is 12.5. The molecule has 0 amide bonds. The maximum absolute atomic E-state index is 12.5. The number of hydrogen-bond donors (Lipinski definition) is 0. The highest BCUT2D eigenvalue weighted by molar-refractivity contribution is 9.10. The Labute approximate surface area is 161 Å². The molecule has 2 aromatic rings. The summed E-state index contributed by atoms with van der Waals surface area (Å²) in [5, 5.41) is 0.473. The first-order chi connectivity index (χ1) is 11.8. The molecule has 2 aromatic carbocycles. The van der Waals surface area contributed by atoms with Gasteiger partial charge >= 0.3 is 0 Å². The number of para-hydroxylation sites is 1. The Hall–Kier alpha value is -1.78. The number of carbonyl (C=O) groups excluding carboxylic acids is 1. The van der Waals surface area contributed by atoms with Gasteiger partial charge in [-0.15, -0.1) is 0 Å². The van der Waals surface area contributed by atoms with Crippen molar-refractivity contribution in [1.82, 2.24) is 0 Å². The molecule has 0 saturated heterocycles. The largest absolute Gasteiger partial charge is 0.484 e. The van der Waals surface area contributed by atoms with E-state index in [0.29, 0.717) is 10.8 Å². The van der Waals surface area contributed by atoms with E-state index in [1.54, 1.807) is 18.2 Å². The number of halogens is 2. The zero-order valence-electron chi connectivity index (χ0n) is 14.3. The van der Waals surface area contributed by atoms with E-state index in [2.05, 4.69) is 46.8 Å². The van der Waals surface area contributed by atoms with Crippen LogP contribution in [0.1, 0.15) is 19.4 Å². The molecule has 0 aliphatic carbocycles. The van der Waals surface area contributed by atoms with Gasteiger partial charge in [-0.2, -0.15) is 0 Å². The summed E-state index contributed by atoms with van der Waals surface area (Å²) in [6.45, 7) is 4.20. The first-order valence-corrected chi connectivity index (χ1v) is 9.14. The molecule has 3 rings (SSSR count). The van der Waals surface area contributed by atoms with Crippen LogP contribution in [0.3, 0.4) is 0 Å². The summed E-state index contributed by atoms with van der Waals surface area (Å²) >= 11 is 9.47. The molecule has 0 unspecified atom stereocenters. The molecular formula is C20H19BrClNO2. The standard InChI is InChI=1S/C20H19BrClNO2/c1-20(2)15-6-4-5-7-17(15)23(3)19(20)11-14(24)12-25-18-9-8-13(21)10-16(18)22/h4-11H,12H2,1-3H3. The minimum Gasteiger partial charge on any atom is -0.484 e. The number of allylic oxidation sites excluding steroid dienone is 1. The second kappa shape index (κ2) is 6.85. The van der Waals surface area contributed by atoms with Gasteiger partial charge in [0.15, 0.2) is 12.4 Å². The fraction of sp³-hybridized carbons (Fsp3) is 0.250. The summed E-state index contributed by atoms with van der Waals surface area (Å²) < 4.78 is 6.45. The molecule has 0 atom stereocenters. The SMILES string of the molecule is CN1C(=CC(=O)COc2ccc(Br)cc2Cl)C(C)(C)c2ccccc21. The molecule has 25 heavy (non-hydrogen) atoms. The van der Waals surface area contributed by atoms with Crippen molar-refractivity contribution in [3.8, 4) is 5.75 Å². The van der Waals surface area contributed by atoms with E-state index in [4.69, 9.17) is 16.3 Å². The molecule has 130 valence electrons. The quantitative estimate of drug-likeness (QED) is 0.623. The summed E-state index contributed by atoms with van der Waals surface area (Å²) in [7, 11) is 1.99. The van der Waals surface area contributed by atoms with Crippen molar-refractivity contribution in [2.24, 2.45) is 0 Å². The maximum Gasteiger partial charge on any atom is 0.194 e. The van der Waals surface area contributed by atoms with Gasteiger partial charge in [-0.3, -0.25) is 4.79 Å². The summed E-state index contributed by atoms with van der Waals surface area (Å²) in [6.07, 6.45) is 1.67. The van der Waals surface area contributed by atoms with Gasteiger partial charge in [-0.05, 0) is 29.8 Å². The topological polar surface area (TPSA) is 29.5 Å². The van der Waals surface area contributed by atoms with Crippen molar-refractivity contribution >= 4 is 39.0 Å². The number of fused-ring (bicyclic) bond motifs is 1. The van der Waals surface area contributed by atoms with Crippen LogP contribution in [-0.2, 0) is 10.2 Å². The van der Waals surface area contributed by atoms with Gasteiger partial charge in [-0.1, -0.05) is 59.6 Å². The minimum absolute atomic E-state index is 0.0505. The lowest BCUT2D eigenvalue weighted by Crippen LogP contribution is -2.25. The van der Waals surface area contributed by atoms with E-state index >= 15 is 0 Å². The van der Waals surface area contributed by atoms with Crippen LogP contribution in [0.15, 0.2) is 58.7 Å². The van der Waals surface area contributed by atoms with Gasteiger partial charge in [-0.25, -0.2) is 0 Å². The number of likely N-dealkylation sites (N-methyl/N-ethyl adjacent to an activating group) is 1. The van der Waals surface area contributed by atoms with Crippen LogP contribution >= 0.6 is 27.5 Å². The fourth-order valence-corrected chi connectivity index (χ4v) is 3.92. The molecule has 1 heterocycles. The van der Waals surface area contributed by atoms with Gasteiger partial charge < -0.3 is 9.64 Å². The summed E-state index contributed by atoms with van der Waals surface area (Å²) in [6, 6.07) is 13.5. The van der Waals surface area contributed by atoms with Crippen molar-refractivity contribution in [2.45, 2.75) is 19.3 Å². The number of anilines is 1. The molecule has 5 heteroatoms. The van der Waals surface area contributed by atoms with Crippen LogP contribution in [0.25, 0.3) is 0 Å². The molecule has 0 radical (unpaired) electrons. The van der Waals surface area contributed by atoms with Gasteiger partial charge in [0.05, 0.1) is 5.02 Å². The number of hydrogen-bond acceptors (Lipinski definition) is 3. The van der Waals surface area contributed by atoms with Crippen LogP contribution in [0.2, 0.25) is 5.02 Å². The molecule has 0 N–H and O–H groups in total. The van der Waals surface area contributed by atoms with Crippen molar-refractivity contribution in [2.75, 3.05) is 18.6 Å². The van der Waals surface area contributed by atoms with Crippen molar-refractivity contribution in [3.05, 3.63) is 69.3 Å². The van der Waals surface area contributed by atoms with Crippen LogP contribution in [0.4, 0.5) is 5.69 Å². The lowest BCUT2D eigenvalue weighted by molar-refractivity contribution is -0.116. The number of rotatable bonds is 4. The van der Waals surface area contributed by atoms with E-state index in [1.807, 2.05) is 25.2 Å². The number of carbonyl (C=O) groups is 1. The fourth-order valence-electron chi connectivity index (χ4n) is 3.19. The van der Waals surface area contributed by atoms with Crippen LogP contribution < -0.4 is 9.64 Å². The van der Waals surface area contributed by atoms with Crippen LogP contribution in [0, 0.1) is 0 Å². The predicted octanol–water partition coefficient (Wildman–Crippen LogP) is 5.36. The molecule has 3 nitrogen and oxygen atoms in total. The second-order valence-electron chi connectivity index (χ2n) is 6.56. The predicted molar refractivity (Wildman–Crippen MR) is 106 cm³/mol. The Balaban J connectivity index is 1.78. The van der Waals surface area contributed by atoms with E-state index < -0.39 is 0 Å². The minimum atomic E-state index is -0.226. The Morgan fingerprint density at radius 2 is 2.00 bits per heavy atom. The highest BCUT2D eigenvalue weighted by Gasteiger charge is 2.38. The monoisotopic (exact) mass is 419 g/mol. The molecular weight excluding hydrogens is 402 g/mol. The number of benzene rings is 2. The van der Waals surface area contributed by atoms with Crippen LogP contribution in [-0.4, -0.2) is 19.4 Å². The number of ether oxygens (including phenoxy) is 1. The van der Waals surface area contributed by atoms with Gasteiger partial charge in [0.2, 0.25) is 0 Å². The highest BCUT2D eigenvalue weighted by atomic mass is 79.9. The smallest absolute Gasteiger partial charge is 0.194 e. The van der Waals surface area contributed by atoms with Crippen molar-refractivity contribution in [1.29, 1.82) is 0 Å².